The van der Waals surface area contributed by atoms with E-state index in [0.717, 1.165) is 5.69 Å². The van der Waals surface area contributed by atoms with Crippen molar-refractivity contribution in [1.29, 1.82) is 0 Å². The van der Waals surface area contributed by atoms with Gasteiger partial charge in [0.1, 0.15) is 6.04 Å². The largest absolute Gasteiger partial charge is 0.367 e. The number of hydroxylamine groups is 2. The van der Waals surface area contributed by atoms with Crippen molar-refractivity contribution < 1.29 is 14.8 Å². The standard InChI is InChI=1S/C12H13N3O3/c16-11-10-8-13(9-4-2-1-3-5-9)6-7-14(10)12(17)15(11)18/h1-5,10,18H,6-8H2. The Morgan fingerprint density at radius 3 is 2.56 bits per heavy atom. The minimum Gasteiger partial charge on any atom is -0.367 e. The number of hydrogen-bond donors (Lipinski definition) is 1. The Bertz CT molecular complexity index is 491. The van der Waals surface area contributed by atoms with E-state index in [1.165, 1.54) is 4.90 Å². The highest BCUT2D eigenvalue weighted by molar-refractivity contribution is 6.03. The number of carbonyl (C=O) groups excluding carboxylic acids is 2. The average molecular weight is 247 g/mol. The van der Waals surface area contributed by atoms with Crippen LogP contribution in [-0.4, -0.2) is 52.8 Å². The lowest BCUT2D eigenvalue weighted by Gasteiger charge is -2.36. The Morgan fingerprint density at radius 2 is 1.83 bits per heavy atom. The Labute approximate surface area is 104 Å². The zero-order valence-corrected chi connectivity index (χ0v) is 9.69. The average Bonchev–Trinajstić information content (AvgIpc) is 2.65. The molecule has 0 spiro atoms. The highest BCUT2D eigenvalue weighted by Crippen LogP contribution is 2.24. The molecule has 0 aromatic heterocycles. The van der Waals surface area contributed by atoms with E-state index in [4.69, 9.17) is 0 Å². The molecule has 2 saturated heterocycles. The molecule has 2 fully saturated rings. The second-order valence-electron chi connectivity index (χ2n) is 4.42. The lowest BCUT2D eigenvalue weighted by molar-refractivity contribution is -0.149. The number of carbonyl (C=O) groups is 2. The smallest absolute Gasteiger partial charge is 0.352 e. The van der Waals surface area contributed by atoms with Crippen molar-refractivity contribution >= 4 is 17.6 Å². The number of para-hydroxylation sites is 1. The first kappa shape index (κ1) is 11.0. The third kappa shape index (κ3) is 1.53. The molecule has 3 rings (SSSR count). The normalized spacial score (nSPS) is 23.6. The Balaban J connectivity index is 1.82. The summed E-state index contributed by atoms with van der Waals surface area (Å²) in [4.78, 5) is 26.7. The molecule has 1 aromatic carbocycles. The predicted molar refractivity (Wildman–Crippen MR) is 63.2 cm³/mol. The van der Waals surface area contributed by atoms with E-state index in [1.807, 2.05) is 35.2 Å². The molecule has 2 heterocycles. The van der Waals surface area contributed by atoms with Crippen LogP contribution in [0, 0.1) is 0 Å². The molecule has 0 bridgehead atoms. The molecule has 2 aliphatic rings. The summed E-state index contributed by atoms with van der Waals surface area (Å²) in [6, 6.07) is 8.54. The van der Waals surface area contributed by atoms with Gasteiger partial charge >= 0.3 is 6.03 Å². The Morgan fingerprint density at radius 1 is 1.11 bits per heavy atom. The van der Waals surface area contributed by atoms with E-state index in [-0.39, 0.29) is 5.06 Å². The Hall–Kier alpha value is -2.08. The quantitative estimate of drug-likeness (QED) is 0.580. The Kier molecular flexibility index (Phi) is 2.45. The van der Waals surface area contributed by atoms with Gasteiger partial charge in [-0.15, -0.1) is 5.06 Å². The molecule has 18 heavy (non-hydrogen) atoms. The summed E-state index contributed by atoms with van der Waals surface area (Å²) < 4.78 is 0. The lowest BCUT2D eigenvalue weighted by atomic mass is 10.1. The van der Waals surface area contributed by atoms with Crippen molar-refractivity contribution in [3.63, 3.8) is 0 Å². The first-order valence-corrected chi connectivity index (χ1v) is 5.82. The number of hydrogen-bond acceptors (Lipinski definition) is 4. The van der Waals surface area contributed by atoms with Crippen LogP contribution in [0.5, 0.6) is 0 Å². The van der Waals surface area contributed by atoms with Gasteiger partial charge in [0.15, 0.2) is 0 Å². The number of anilines is 1. The van der Waals surface area contributed by atoms with Gasteiger partial charge in [-0.25, -0.2) is 4.79 Å². The molecular formula is C12H13N3O3. The van der Waals surface area contributed by atoms with E-state index in [0.29, 0.717) is 19.6 Å². The van der Waals surface area contributed by atoms with Gasteiger partial charge in [0.05, 0.1) is 0 Å². The van der Waals surface area contributed by atoms with Crippen LogP contribution in [0.4, 0.5) is 10.5 Å². The van der Waals surface area contributed by atoms with Crippen molar-refractivity contribution in [2.45, 2.75) is 6.04 Å². The number of benzene rings is 1. The molecule has 0 aliphatic carbocycles. The summed E-state index contributed by atoms with van der Waals surface area (Å²) >= 11 is 0. The monoisotopic (exact) mass is 247 g/mol. The maximum atomic E-state index is 11.7. The number of imide groups is 1. The summed E-state index contributed by atoms with van der Waals surface area (Å²) in [5, 5.41) is 9.55. The van der Waals surface area contributed by atoms with Gasteiger partial charge in [-0.1, -0.05) is 18.2 Å². The van der Waals surface area contributed by atoms with Crippen LogP contribution >= 0.6 is 0 Å². The fraction of sp³-hybridized carbons (Fsp3) is 0.333. The highest BCUT2D eigenvalue weighted by Gasteiger charge is 2.47. The zero-order chi connectivity index (χ0) is 12.7. The maximum absolute atomic E-state index is 11.7. The van der Waals surface area contributed by atoms with E-state index in [1.54, 1.807) is 0 Å². The third-order valence-electron chi connectivity index (χ3n) is 3.42. The second-order valence-corrected chi connectivity index (χ2v) is 4.42. The van der Waals surface area contributed by atoms with Crippen LogP contribution in [0.2, 0.25) is 0 Å². The van der Waals surface area contributed by atoms with Crippen LogP contribution < -0.4 is 4.90 Å². The first-order valence-electron chi connectivity index (χ1n) is 5.82. The van der Waals surface area contributed by atoms with Crippen molar-refractivity contribution in [1.82, 2.24) is 9.96 Å². The molecular weight excluding hydrogens is 234 g/mol. The van der Waals surface area contributed by atoms with Crippen molar-refractivity contribution in [2.24, 2.45) is 0 Å². The van der Waals surface area contributed by atoms with Gasteiger partial charge in [0.25, 0.3) is 5.91 Å². The van der Waals surface area contributed by atoms with Crippen LogP contribution in [0.3, 0.4) is 0 Å². The van der Waals surface area contributed by atoms with E-state index >= 15 is 0 Å². The van der Waals surface area contributed by atoms with Gasteiger partial charge in [0, 0.05) is 25.3 Å². The molecule has 0 saturated carbocycles. The summed E-state index contributed by atoms with van der Waals surface area (Å²) in [5.41, 5.74) is 1.02. The van der Waals surface area contributed by atoms with E-state index in [2.05, 4.69) is 0 Å². The SMILES string of the molecule is O=C1C2CN(c3ccccc3)CCN2C(=O)N1O. The first-order chi connectivity index (χ1) is 8.68. The fourth-order valence-corrected chi connectivity index (χ4v) is 2.45. The third-order valence-corrected chi connectivity index (χ3v) is 3.42. The minimum atomic E-state index is -0.613. The molecule has 1 aromatic rings. The van der Waals surface area contributed by atoms with Crippen molar-refractivity contribution in [3.8, 4) is 0 Å². The summed E-state index contributed by atoms with van der Waals surface area (Å²) in [6.45, 7) is 1.53. The number of nitrogens with zero attached hydrogens (tertiary/aromatic N) is 3. The fourth-order valence-electron chi connectivity index (χ4n) is 2.45. The number of amides is 3. The summed E-state index contributed by atoms with van der Waals surface area (Å²) in [5.74, 6) is -0.541. The molecule has 6 heteroatoms. The predicted octanol–water partition coefficient (Wildman–Crippen LogP) is 0.529. The van der Waals surface area contributed by atoms with Crippen molar-refractivity contribution in [2.75, 3.05) is 24.5 Å². The van der Waals surface area contributed by atoms with Gasteiger partial charge in [-0.3, -0.25) is 10.0 Å². The van der Waals surface area contributed by atoms with Crippen LogP contribution in [0.15, 0.2) is 30.3 Å². The van der Waals surface area contributed by atoms with Crippen LogP contribution in [-0.2, 0) is 4.79 Å². The zero-order valence-electron chi connectivity index (χ0n) is 9.69. The highest BCUT2D eigenvalue weighted by atomic mass is 16.5. The minimum absolute atomic E-state index is 0.221. The van der Waals surface area contributed by atoms with Gasteiger partial charge in [-0.05, 0) is 12.1 Å². The topological polar surface area (TPSA) is 64.1 Å². The van der Waals surface area contributed by atoms with Gasteiger partial charge < -0.3 is 9.80 Å². The molecule has 1 atom stereocenters. The summed E-state index contributed by atoms with van der Waals surface area (Å²) in [6.07, 6.45) is 0. The van der Waals surface area contributed by atoms with E-state index in [9.17, 15) is 14.8 Å². The maximum Gasteiger partial charge on any atom is 0.352 e. The lowest BCUT2D eigenvalue weighted by Crippen LogP contribution is -2.53. The second kappa shape index (κ2) is 3.99. The van der Waals surface area contributed by atoms with Gasteiger partial charge in [0.2, 0.25) is 0 Å². The molecule has 3 amide bonds. The molecule has 6 nitrogen and oxygen atoms in total. The molecule has 2 aliphatic heterocycles. The van der Waals surface area contributed by atoms with Gasteiger partial charge in [-0.2, -0.15) is 0 Å². The van der Waals surface area contributed by atoms with Crippen LogP contribution in [0.25, 0.3) is 0 Å². The number of piperazine rings is 1. The number of urea groups is 1. The molecule has 1 N–H and O–H groups in total. The number of fused-ring (bicyclic) bond motifs is 1. The molecule has 0 radical (unpaired) electrons. The van der Waals surface area contributed by atoms with Crippen molar-refractivity contribution in [3.05, 3.63) is 30.3 Å². The van der Waals surface area contributed by atoms with E-state index < -0.39 is 18.0 Å². The molecule has 1 unspecified atom stereocenters. The summed E-state index contributed by atoms with van der Waals surface area (Å²) in [7, 11) is 0. The van der Waals surface area contributed by atoms with Crippen LogP contribution in [0.1, 0.15) is 0 Å². The number of rotatable bonds is 1. The molecule has 94 valence electrons.